The van der Waals surface area contributed by atoms with Gasteiger partial charge in [0.05, 0.1) is 27.8 Å². The van der Waals surface area contributed by atoms with E-state index in [9.17, 15) is 0 Å². The molecule has 8 aromatic carbocycles. The fraction of sp³-hybridized carbons (Fsp3) is 0.0556. The van der Waals surface area contributed by atoms with E-state index in [0.29, 0.717) is 17.6 Å². The van der Waals surface area contributed by atoms with Crippen molar-refractivity contribution in [3.05, 3.63) is 199 Å². The predicted molar refractivity (Wildman–Crippen MR) is 242 cm³/mol. The van der Waals surface area contributed by atoms with Crippen molar-refractivity contribution in [2.45, 2.75) is 19.3 Å². The van der Waals surface area contributed by atoms with Crippen LogP contribution in [0.15, 0.2) is 188 Å². The van der Waals surface area contributed by atoms with E-state index >= 15 is 0 Å². The van der Waals surface area contributed by atoms with Crippen LogP contribution < -0.4 is 0 Å². The van der Waals surface area contributed by atoms with Crippen molar-refractivity contribution in [1.29, 1.82) is 0 Å². The largest absolute Gasteiger partial charge is 0.307 e. The molecule has 3 heterocycles. The summed E-state index contributed by atoms with van der Waals surface area (Å²) in [5.74, 6) is 1.84. The van der Waals surface area contributed by atoms with Crippen molar-refractivity contribution in [2.24, 2.45) is 0 Å². The Hall–Kier alpha value is -7.63. The van der Waals surface area contributed by atoms with Crippen LogP contribution in [0.4, 0.5) is 0 Å². The maximum atomic E-state index is 5.45. The smallest absolute Gasteiger partial charge is 0.238 e. The molecule has 0 amide bonds. The summed E-state index contributed by atoms with van der Waals surface area (Å²) < 4.78 is 4.73. The van der Waals surface area contributed by atoms with Gasteiger partial charge in [0, 0.05) is 43.7 Å². The van der Waals surface area contributed by atoms with Gasteiger partial charge in [0.2, 0.25) is 5.95 Å². The van der Waals surface area contributed by atoms with Crippen LogP contribution in [0, 0.1) is 0 Å². The van der Waals surface area contributed by atoms with Crippen LogP contribution in [0.2, 0.25) is 0 Å². The molecule has 11 aromatic rings. The number of hydrogen-bond acceptors (Lipinski definition) is 3. The summed E-state index contributed by atoms with van der Waals surface area (Å²) >= 11 is 0. The normalized spacial score (nSPS) is 13.1. The molecule has 0 aliphatic heterocycles. The summed E-state index contributed by atoms with van der Waals surface area (Å²) in [4.78, 5) is 16.1. The molecule has 0 spiro atoms. The van der Waals surface area contributed by atoms with Crippen molar-refractivity contribution in [1.82, 2.24) is 24.1 Å². The lowest BCUT2D eigenvalue weighted by Crippen LogP contribution is -2.15. The van der Waals surface area contributed by atoms with E-state index in [4.69, 9.17) is 15.0 Å². The van der Waals surface area contributed by atoms with Crippen LogP contribution in [0.5, 0.6) is 0 Å². The number of benzene rings is 8. The number of para-hydroxylation sites is 3. The maximum absolute atomic E-state index is 5.45. The summed E-state index contributed by atoms with van der Waals surface area (Å²) in [6, 6.07) is 67.1. The van der Waals surface area contributed by atoms with Gasteiger partial charge in [0.25, 0.3) is 0 Å². The molecule has 0 radical (unpaired) electrons. The lowest BCUT2D eigenvalue weighted by molar-refractivity contribution is 0.660. The first kappa shape index (κ1) is 33.5. The van der Waals surface area contributed by atoms with Crippen LogP contribution >= 0.6 is 0 Å². The molecule has 0 unspecified atom stereocenters. The molecule has 0 saturated carbocycles. The first-order valence-corrected chi connectivity index (χ1v) is 20.2. The third kappa shape index (κ3) is 4.95. The zero-order chi connectivity index (χ0) is 39.2. The number of aromatic nitrogens is 5. The van der Waals surface area contributed by atoms with Gasteiger partial charge in [-0.1, -0.05) is 178 Å². The quantitative estimate of drug-likeness (QED) is 0.176. The molecule has 59 heavy (non-hydrogen) atoms. The predicted octanol–water partition coefficient (Wildman–Crippen LogP) is 13.4. The highest BCUT2D eigenvalue weighted by molar-refractivity contribution is 6.24. The lowest BCUT2D eigenvalue weighted by Gasteiger charge is -2.21. The van der Waals surface area contributed by atoms with Crippen molar-refractivity contribution in [3.63, 3.8) is 0 Å². The standard InChI is InChI=1S/C54H37N5/c1-54(2)44-25-13-9-22-38(44)39-30-29-36(33-45(39)54)52-55-51(35-19-7-4-8-20-35)56-53(57-52)59-48-28-16-12-24-41(48)43-32-31-42-40-23-11-15-27-47(40)58(49(42)50(43)59)46-26-14-10-21-37(46)34-17-5-3-6-18-34/h3-33H,1-2H3. The number of rotatable bonds is 5. The Bertz CT molecular complexity index is 3470. The Kier molecular flexibility index (Phi) is 7.20. The Morgan fingerprint density at radius 2 is 0.898 bits per heavy atom. The molecule has 3 aromatic heterocycles. The molecule has 0 N–H and O–H groups in total. The summed E-state index contributed by atoms with van der Waals surface area (Å²) in [5.41, 5.74) is 14.6. The molecule has 1 aliphatic rings. The first-order chi connectivity index (χ1) is 29.0. The highest BCUT2D eigenvalue weighted by Gasteiger charge is 2.35. The molecule has 5 heteroatoms. The molecule has 12 rings (SSSR count). The fourth-order valence-corrected chi connectivity index (χ4v) is 9.64. The Balaban J connectivity index is 1.19. The Labute approximate surface area is 341 Å². The second-order valence-corrected chi connectivity index (χ2v) is 16.0. The zero-order valence-corrected chi connectivity index (χ0v) is 32.6. The minimum atomic E-state index is -0.165. The molecule has 0 atom stereocenters. The molecule has 0 bridgehead atoms. The van der Waals surface area contributed by atoms with Gasteiger partial charge >= 0.3 is 0 Å². The summed E-state index contributed by atoms with van der Waals surface area (Å²) in [6.45, 7) is 4.63. The van der Waals surface area contributed by atoms with Crippen LogP contribution in [0.3, 0.4) is 0 Å². The van der Waals surface area contributed by atoms with Crippen molar-refractivity contribution >= 4 is 43.6 Å². The van der Waals surface area contributed by atoms with E-state index in [1.165, 1.54) is 27.6 Å². The Morgan fingerprint density at radius 1 is 0.373 bits per heavy atom. The summed E-state index contributed by atoms with van der Waals surface area (Å²) in [7, 11) is 0. The minimum absolute atomic E-state index is 0.165. The molecule has 278 valence electrons. The molecule has 1 aliphatic carbocycles. The molecule has 0 saturated heterocycles. The molecule has 0 fully saturated rings. The van der Waals surface area contributed by atoms with Gasteiger partial charge in [0.1, 0.15) is 0 Å². The second-order valence-electron chi connectivity index (χ2n) is 16.0. The number of hydrogen-bond donors (Lipinski definition) is 0. The topological polar surface area (TPSA) is 48.5 Å². The zero-order valence-electron chi connectivity index (χ0n) is 32.6. The van der Waals surface area contributed by atoms with Gasteiger partial charge in [-0.25, -0.2) is 4.98 Å². The molecule has 5 nitrogen and oxygen atoms in total. The van der Waals surface area contributed by atoms with E-state index in [1.807, 2.05) is 18.2 Å². The highest BCUT2D eigenvalue weighted by atomic mass is 15.2. The van der Waals surface area contributed by atoms with Gasteiger partial charge in [-0.2, -0.15) is 9.97 Å². The van der Waals surface area contributed by atoms with Gasteiger partial charge < -0.3 is 4.57 Å². The van der Waals surface area contributed by atoms with Crippen LogP contribution in [-0.4, -0.2) is 24.1 Å². The van der Waals surface area contributed by atoms with E-state index in [-0.39, 0.29) is 5.41 Å². The van der Waals surface area contributed by atoms with Gasteiger partial charge in [0.15, 0.2) is 11.6 Å². The van der Waals surface area contributed by atoms with E-state index in [1.54, 1.807) is 0 Å². The van der Waals surface area contributed by atoms with Crippen LogP contribution in [-0.2, 0) is 5.41 Å². The van der Waals surface area contributed by atoms with E-state index in [2.05, 4.69) is 193 Å². The lowest BCUT2D eigenvalue weighted by atomic mass is 9.82. The van der Waals surface area contributed by atoms with Gasteiger partial charge in [-0.15, -0.1) is 0 Å². The number of fused-ring (bicyclic) bond motifs is 10. The second kappa shape index (κ2) is 12.7. The van der Waals surface area contributed by atoms with Gasteiger partial charge in [-0.3, -0.25) is 4.57 Å². The number of nitrogens with zero attached hydrogens (tertiary/aromatic N) is 5. The third-order valence-corrected chi connectivity index (χ3v) is 12.4. The van der Waals surface area contributed by atoms with Crippen LogP contribution in [0.1, 0.15) is 25.0 Å². The SMILES string of the molecule is CC1(C)c2ccccc2-c2ccc(-c3nc(-c4ccccc4)nc(-n4c5ccccc5c5ccc6c7ccccc7n(-c7ccccc7-c7ccccc7)c6c54)n3)cc21. The van der Waals surface area contributed by atoms with Crippen molar-refractivity contribution in [2.75, 3.05) is 0 Å². The van der Waals surface area contributed by atoms with Crippen LogP contribution in [0.25, 0.3) is 100 Å². The van der Waals surface area contributed by atoms with E-state index in [0.717, 1.165) is 66.2 Å². The molecular weight excluding hydrogens is 719 g/mol. The third-order valence-electron chi connectivity index (χ3n) is 12.4. The fourth-order valence-electron chi connectivity index (χ4n) is 9.64. The minimum Gasteiger partial charge on any atom is -0.307 e. The first-order valence-electron chi connectivity index (χ1n) is 20.2. The Morgan fingerprint density at radius 3 is 1.61 bits per heavy atom. The van der Waals surface area contributed by atoms with E-state index < -0.39 is 0 Å². The average Bonchev–Trinajstić information content (AvgIpc) is 3.90. The summed E-state index contributed by atoms with van der Waals surface area (Å²) in [6.07, 6.45) is 0. The monoisotopic (exact) mass is 755 g/mol. The van der Waals surface area contributed by atoms with Crippen molar-refractivity contribution in [3.8, 4) is 56.7 Å². The highest BCUT2D eigenvalue weighted by Crippen LogP contribution is 2.49. The molecular formula is C54H37N5. The summed E-state index contributed by atoms with van der Waals surface area (Å²) in [5, 5.41) is 4.62. The van der Waals surface area contributed by atoms with Crippen molar-refractivity contribution < 1.29 is 0 Å². The van der Waals surface area contributed by atoms with Gasteiger partial charge in [-0.05, 0) is 52.1 Å². The average molecular weight is 756 g/mol. The maximum Gasteiger partial charge on any atom is 0.238 e.